The summed E-state index contributed by atoms with van der Waals surface area (Å²) in [4.78, 5) is 5.40. The Morgan fingerprint density at radius 3 is 1.41 bits per heavy atom. The smallest absolute Gasteiger partial charge is 0.145 e. The topological polar surface area (TPSA) is 38.0 Å². The number of fused-ring (bicyclic) bond motifs is 3. The summed E-state index contributed by atoms with van der Waals surface area (Å²) in [5.41, 5.74) is 31.2. The Kier molecular flexibility index (Phi) is 11.4. The van der Waals surface area contributed by atoms with E-state index in [0.29, 0.717) is 5.75 Å². The molecule has 68 heavy (non-hydrogen) atoms. The molecule has 0 unspecified atom stereocenters. The van der Waals surface area contributed by atoms with E-state index < -0.39 is 0 Å². The van der Waals surface area contributed by atoms with Crippen LogP contribution in [0.4, 0.5) is 0 Å². The molecule has 0 aliphatic rings. The SMILES string of the molecule is Bc1c(B)c(B)c(-c2cccc(-c3c4ccccc4c(-c4ccccc4-n4c(-c5c(B)c(B)c(B)c(O)c5B)nc5ccccc54)c4ccc(-c5c(B)c(B)c(B)c(B)c5B)cc34)c2)c(B)c1B. The fourth-order valence-electron chi connectivity index (χ4n) is 11.6. The molecule has 0 amide bonds. The third-order valence-electron chi connectivity index (χ3n) is 16.5. The molecule has 1 N–H and O–H groups in total. The third-order valence-corrected chi connectivity index (χ3v) is 16.5. The van der Waals surface area contributed by atoms with Gasteiger partial charge in [-0.15, -0.1) is 32.8 Å². The fraction of sp³-hybridized carbons (Fsp3) is 0. The zero-order valence-corrected chi connectivity index (χ0v) is 42.3. The van der Waals surface area contributed by atoms with E-state index in [0.717, 1.165) is 55.5 Å². The number of aromatic hydroxyl groups is 1. The lowest BCUT2D eigenvalue weighted by Crippen LogP contribution is -2.55. The Morgan fingerprint density at radius 2 is 0.794 bits per heavy atom. The Bertz CT molecular complexity index is 3740. The van der Waals surface area contributed by atoms with E-state index >= 15 is 0 Å². The van der Waals surface area contributed by atoms with E-state index in [4.69, 9.17) is 4.98 Å². The molecule has 1 aromatic heterocycles. The van der Waals surface area contributed by atoms with E-state index in [-0.39, 0.29) is 0 Å². The molecule has 9 aromatic carbocycles. The van der Waals surface area contributed by atoms with E-state index in [9.17, 15) is 5.11 Å². The minimum absolute atomic E-state index is 0.324. The fourth-order valence-corrected chi connectivity index (χ4v) is 11.6. The molecular weight excluding hydrogens is 808 g/mol. The Balaban J connectivity index is 1.34. The van der Waals surface area contributed by atoms with Gasteiger partial charge in [0.1, 0.15) is 121 Å². The van der Waals surface area contributed by atoms with Crippen LogP contribution in [0.3, 0.4) is 0 Å². The molecule has 3 nitrogen and oxygen atoms in total. The summed E-state index contributed by atoms with van der Waals surface area (Å²) in [6.07, 6.45) is 0. The van der Waals surface area contributed by atoms with Crippen molar-refractivity contribution >= 4 is 219 Å². The van der Waals surface area contributed by atoms with Crippen molar-refractivity contribution in [2.75, 3.05) is 0 Å². The van der Waals surface area contributed by atoms with Crippen LogP contribution in [-0.4, -0.2) is 125 Å². The summed E-state index contributed by atoms with van der Waals surface area (Å²) < 4.78 is 2.33. The number of phenolic OH excluding ortho intramolecular Hbond substituents is 1. The lowest BCUT2D eigenvalue weighted by molar-refractivity contribution is 0.484. The number of rotatable bonds is 6. The maximum atomic E-state index is 11.6. The largest absolute Gasteiger partial charge is 0.509 e. The highest BCUT2D eigenvalue weighted by Gasteiger charge is 2.26. The van der Waals surface area contributed by atoms with Gasteiger partial charge in [0.15, 0.2) is 0 Å². The van der Waals surface area contributed by atoms with Crippen LogP contribution in [0.2, 0.25) is 0 Å². The summed E-state index contributed by atoms with van der Waals surface area (Å²) in [6.45, 7) is 0. The second-order valence-corrected chi connectivity index (χ2v) is 19.6. The van der Waals surface area contributed by atoms with Crippen LogP contribution >= 0.6 is 0 Å². The first-order valence-electron chi connectivity index (χ1n) is 24.1. The van der Waals surface area contributed by atoms with Crippen LogP contribution in [-0.2, 0) is 0 Å². The summed E-state index contributed by atoms with van der Waals surface area (Å²) in [6, 6.07) is 42.8. The van der Waals surface area contributed by atoms with Gasteiger partial charge in [0, 0.05) is 11.1 Å². The lowest BCUT2D eigenvalue weighted by atomic mass is 9.59. The van der Waals surface area contributed by atoms with Gasteiger partial charge in [0.2, 0.25) is 0 Å². The first-order chi connectivity index (χ1) is 32.5. The maximum absolute atomic E-state index is 11.6. The van der Waals surface area contributed by atoms with Crippen molar-refractivity contribution in [1.29, 1.82) is 0 Å². The molecule has 0 saturated carbocycles. The number of aromatic nitrogens is 2. The van der Waals surface area contributed by atoms with Crippen LogP contribution in [0.15, 0.2) is 115 Å². The summed E-state index contributed by atoms with van der Waals surface area (Å²) >= 11 is 0. The molecule has 0 aliphatic heterocycles. The van der Waals surface area contributed by atoms with Gasteiger partial charge in [0.25, 0.3) is 0 Å². The minimum Gasteiger partial charge on any atom is -0.509 e. The van der Waals surface area contributed by atoms with Gasteiger partial charge in [-0.25, -0.2) is 4.98 Å². The van der Waals surface area contributed by atoms with Crippen molar-refractivity contribution in [2.45, 2.75) is 0 Å². The highest BCUT2D eigenvalue weighted by atomic mass is 16.3. The molecule has 0 spiro atoms. The van der Waals surface area contributed by atoms with Crippen molar-refractivity contribution in [3.63, 3.8) is 0 Å². The van der Waals surface area contributed by atoms with Crippen molar-refractivity contribution < 1.29 is 5.11 Å². The average Bonchev–Trinajstić information content (AvgIpc) is 3.73. The van der Waals surface area contributed by atoms with Gasteiger partial charge in [-0.3, -0.25) is 4.57 Å². The van der Waals surface area contributed by atoms with Gasteiger partial charge in [-0.1, -0.05) is 123 Å². The van der Waals surface area contributed by atoms with Crippen molar-refractivity contribution in [3.8, 4) is 67.3 Å². The normalized spacial score (nSPS) is 11.5. The number of hydrogen-bond acceptors (Lipinski definition) is 2. The van der Waals surface area contributed by atoms with Gasteiger partial charge < -0.3 is 5.11 Å². The average molecular weight is 856 g/mol. The standard InChI is InChI=1S/C51H48B14N2O/c52-36-32(37(53)43(59)47(63)42(36)58)21-9-7-8-20(18-21)31-23-10-1-2-11-24(23)34(25-17-16-22(19-27(25)31)33-38(54)44(60)48(64)45(61)39(33)55)26-12-3-5-14-29(26)67-30-15-6-4-13-28(30)66-51(67)35-40(56)46(62)49(65)50(68)41(35)57/h1-19,68H,52-65H2. The molecule has 17 heteroatoms. The molecule has 10 aromatic rings. The third kappa shape index (κ3) is 6.81. The Labute approximate surface area is 413 Å². The number of imidazole rings is 1. The summed E-state index contributed by atoms with van der Waals surface area (Å²) in [7, 11) is 31.1. The molecule has 0 bridgehead atoms. The number of nitrogens with zero attached hydrogens (tertiary/aromatic N) is 2. The summed E-state index contributed by atoms with van der Waals surface area (Å²) in [5, 5.41) is 16.4. The highest BCUT2D eigenvalue weighted by Crippen LogP contribution is 2.47. The summed E-state index contributed by atoms with van der Waals surface area (Å²) in [5.74, 6) is 1.14. The second kappa shape index (κ2) is 17.0. The molecule has 10 rings (SSSR count). The number of hydrogen-bond donors (Lipinski definition) is 1. The van der Waals surface area contributed by atoms with E-state index in [2.05, 4.69) is 214 Å². The van der Waals surface area contributed by atoms with Crippen LogP contribution in [0, 0.1) is 0 Å². The van der Waals surface area contributed by atoms with Gasteiger partial charge >= 0.3 is 0 Å². The number of benzene rings is 9. The van der Waals surface area contributed by atoms with Crippen LogP contribution in [0.1, 0.15) is 0 Å². The maximum Gasteiger partial charge on any atom is 0.145 e. The minimum atomic E-state index is 0.324. The van der Waals surface area contributed by atoms with Crippen LogP contribution < -0.4 is 76.5 Å². The molecule has 0 saturated heterocycles. The monoisotopic (exact) mass is 859 g/mol. The van der Waals surface area contributed by atoms with Crippen molar-refractivity contribution in [1.82, 2.24) is 9.55 Å². The molecular formula is C51H48B14N2O. The van der Waals surface area contributed by atoms with Gasteiger partial charge in [-0.2, -0.15) is 0 Å². The van der Waals surface area contributed by atoms with Crippen molar-refractivity contribution in [3.05, 3.63) is 115 Å². The molecule has 0 aliphatic carbocycles. The van der Waals surface area contributed by atoms with Gasteiger partial charge in [0.05, 0.1) is 16.7 Å². The molecule has 310 valence electrons. The molecule has 0 atom stereocenters. The molecule has 0 radical (unpaired) electrons. The number of phenols is 1. The Hall–Kier alpha value is -6.32. The Morgan fingerprint density at radius 1 is 0.338 bits per heavy atom. The first kappa shape index (κ1) is 45.5. The first-order valence-corrected chi connectivity index (χ1v) is 24.1. The van der Waals surface area contributed by atoms with Gasteiger partial charge in [-0.05, 0) is 96.3 Å². The van der Waals surface area contributed by atoms with Crippen molar-refractivity contribution in [2.24, 2.45) is 0 Å². The zero-order chi connectivity index (χ0) is 48.2. The molecule has 0 fully saturated rings. The second-order valence-electron chi connectivity index (χ2n) is 19.6. The molecule has 1 heterocycles. The van der Waals surface area contributed by atoms with E-state index in [1.165, 1.54) is 115 Å². The highest BCUT2D eigenvalue weighted by molar-refractivity contribution is 6.70. The predicted octanol–water partition coefficient (Wildman–Crippen LogP) is -11.0. The van der Waals surface area contributed by atoms with Crippen LogP contribution in [0.5, 0.6) is 5.75 Å². The lowest BCUT2D eigenvalue weighted by Gasteiger charge is -2.24. The van der Waals surface area contributed by atoms with E-state index in [1.54, 1.807) is 0 Å². The zero-order valence-electron chi connectivity index (χ0n) is 42.3. The quantitative estimate of drug-likeness (QED) is 0.134. The number of para-hydroxylation sites is 3. The van der Waals surface area contributed by atoms with Crippen LogP contribution in [0.25, 0.3) is 94.2 Å². The van der Waals surface area contributed by atoms with E-state index in [1.807, 2.05) is 15.7 Å². The predicted molar refractivity (Wildman–Crippen MR) is 339 cm³/mol.